The molecule has 0 aliphatic heterocycles. The van der Waals surface area contributed by atoms with Crippen LogP contribution in [0.15, 0.2) is 22.7 Å². The fourth-order valence-electron chi connectivity index (χ4n) is 1.35. The van der Waals surface area contributed by atoms with Crippen LogP contribution >= 0.6 is 27.5 Å². The molecule has 0 unspecified atom stereocenters. The van der Waals surface area contributed by atoms with Crippen molar-refractivity contribution < 1.29 is 9.84 Å². The Balaban J connectivity index is 2.11. The fourth-order valence-corrected chi connectivity index (χ4v) is 1.89. The molecule has 1 rings (SSSR count). The summed E-state index contributed by atoms with van der Waals surface area (Å²) in [5.41, 5.74) is 1.19. The van der Waals surface area contributed by atoms with E-state index in [4.69, 9.17) is 21.4 Å². The van der Waals surface area contributed by atoms with Gasteiger partial charge < -0.3 is 15.2 Å². The number of benzene rings is 1. The molecule has 0 heterocycles. The van der Waals surface area contributed by atoms with E-state index in [0.717, 1.165) is 29.0 Å². The van der Waals surface area contributed by atoms with E-state index >= 15 is 0 Å². The van der Waals surface area contributed by atoms with Crippen LogP contribution in [0.4, 0.5) is 0 Å². The molecule has 0 aromatic heterocycles. The van der Waals surface area contributed by atoms with E-state index in [-0.39, 0.29) is 6.61 Å². The predicted octanol–water partition coefficient (Wildman–Crippen LogP) is 2.59. The van der Waals surface area contributed by atoms with Crippen LogP contribution in [-0.4, -0.2) is 31.5 Å². The highest BCUT2D eigenvalue weighted by atomic mass is 79.9. The van der Waals surface area contributed by atoms with Crippen molar-refractivity contribution in [3.8, 4) is 0 Å². The second kappa shape index (κ2) is 8.89. The summed E-state index contributed by atoms with van der Waals surface area (Å²) >= 11 is 9.30. The van der Waals surface area contributed by atoms with Crippen molar-refractivity contribution in [3.05, 3.63) is 33.3 Å². The zero-order chi connectivity index (χ0) is 12.5. The second-order valence-corrected chi connectivity index (χ2v) is 4.88. The van der Waals surface area contributed by atoms with Crippen LogP contribution in [0, 0.1) is 0 Å². The van der Waals surface area contributed by atoms with Crippen LogP contribution in [0.3, 0.4) is 0 Å². The number of rotatable bonds is 8. The van der Waals surface area contributed by atoms with Gasteiger partial charge in [0.25, 0.3) is 0 Å². The second-order valence-electron chi connectivity index (χ2n) is 3.61. The predicted molar refractivity (Wildman–Crippen MR) is 73.4 cm³/mol. The molecule has 0 amide bonds. The summed E-state index contributed by atoms with van der Waals surface area (Å²) in [5, 5.41) is 12.6. The smallest absolute Gasteiger partial charge is 0.0697 e. The van der Waals surface area contributed by atoms with E-state index in [1.54, 1.807) is 0 Å². The summed E-state index contributed by atoms with van der Waals surface area (Å²) in [7, 11) is 0. The van der Waals surface area contributed by atoms with E-state index < -0.39 is 0 Å². The van der Waals surface area contributed by atoms with Crippen LogP contribution < -0.4 is 5.32 Å². The molecule has 0 saturated carbocycles. The van der Waals surface area contributed by atoms with E-state index in [1.165, 1.54) is 5.56 Å². The van der Waals surface area contributed by atoms with Crippen molar-refractivity contribution in [1.82, 2.24) is 5.32 Å². The molecule has 5 heteroatoms. The van der Waals surface area contributed by atoms with E-state index in [2.05, 4.69) is 21.2 Å². The topological polar surface area (TPSA) is 41.5 Å². The number of aliphatic hydroxyl groups is 1. The summed E-state index contributed by atoms with van der Waals surface area (Å²) in [6.45, 7) is 2.90. The summed E-state index contributed by atoms with van der Waals surface area (Å²) in [5.74, 6) is 0. The van der Waals surface area contributed by atoms with E-state index in [9.17, 15) is 0 Å². The molecule has 0 bridgehead atoms. The first-order valence-electron chi connectivity index (χ1n) is 5.57. The van der Waals surface area contributed by atoms with Crippen LogP contribution in [0.5, 0.6) is 0 Å². The molecule has 1 aromatic rings. The van der Waals surface area contributed by atoms with Crippen molar-refractivity contribution in [2.45, 2.75) is 13.0 Å². The molecule has 0 saturated heterocycles. The molecule has 0 radical (unpaired) electrons. The molecular weight excluding hydrogens is 305 g/mol. The van der Waals surface area contributed by atoms with Crippen LogP contribution in [0.1, 0.15) is 12.0 Å². The highest BCUT2D eigenvalue weighted by Crippen LogP contribution is 2.22. The quantitative estimate of drug-likeness (QED) is 0.723. The molecule has 2 N–H and O–H groups in total. The van der Waals surface area contributed by atoms with Gasteiger partial charge in [-0.25, -0.2) is 0 Å². The Hall–Kier alpha value is -0.130. The average Bonchev–Trinajstić information content (AvgIpc) is 2.32. The Morgan fingerprint density at radius 3 is 2.88 bits per heavy atom. The van der Waals surface area contributed by atoms with Gasteiger partial charge in [-0.05, 0) is 46.6 Å². The molecule has 3 nitrogen and oxygen atoms in total. The maximum atomic E-state index is 8.51. The number of ether oxygens (including phenoxy) is 1. The third-order valence-electron chi connectivity index (χ3n) is 2.19. The number of nitrogens with one attached hydrogen (secondary N) is 1. The third kappa shape index (κ3) is 6.38. The fraction of sp³-hybridized carbons (Fsp3) is 0.500. The SMILES string of the molecule is OCCOCCCNCc1ccc(Cl)c(Br)c1. The molecular formula is C12H17BrClNO2. The first-order chi connectivity index (χ1) is 8.24. The minimum Gasteiger partial charge on any atom is -0.394 e. The van der Waals surface area contributed by atoms with Gasteiger partial charge >= 0.3 is 0 Å². The molecule has 0 aliphatic carbocycles. The highest BCUT2D eigenvalue weighted by Gasteiger charge is 1.98. The normalized spacial score (nSPS) is 10.8. The van der Waals surface area contributed by atoms with Crippen molar-refractivity contribution in [2.75, 3.05) is 26.4 Å². The standard InChI is InChI=1S/C12H17BrClNO2/c13-11-8-10(2-3-12(11)14)9-15-4-1-6-17-7-5-16/h2-3,8,15-16H,1,4-7,9H2. The van der Waals surface area contributed by atoms with Crippen LogP contribution in [0.2, 0.25) is 5.02 Å². The van der Waals surface area contributed by atoms with Gasteiger partial charge in [-0.1, -0.05) is 17.7 Å². The Morgan fingerprint density at radius 2 is 2.18 bits per heavy atom. The van der Waals surface area contributed by atoms with Gasteiger partial charge in [0.2, 0.25) is 0 Å². The van der Waals surface area contributed by atoms with Crippen molar-refractivity contribution in [1.29, 1.82) is 0 Å². The molecule has 0 spiro atoms. The molecule has 1 aromatic carbocycles. The lowest BCUT2D eigenvalue weighted by Gasteiger charge is -2.06. The Bertz CT molecular complexity index is 336. The van der Waals surface area contributed by atoms with Gasteiger partial charge in [0.1, 0.15) is 0 Å². The van der Waals surface area contributed by atoms with Crippen LogP contribution in [0.25, 0.3) is 0 Å². The van der Waals surface area contributed by atoms with E-state index in [1.807, 2.05) is 18.2 Å². The first-order valence-corrected chi connectivity index (χ1v) is 6.74. The van der Waals surface area contributed by atoms with Gasteiger partial charge in [0, 0.05) is 17.6 Å². The largest absolute Gasteiger partial charge is 0.394 e. The van der Waals surface area contributed by atoms with Crippen LogP contribution in [-0.2, 0) is 11.3 Å². The van der Waals surface area contributed by atoms with E-state index in [0.29, 0.717) is 13.2 Å². The Labute approximate surface area is 115 Å². The number of hydrogen-bond donors (Lipinski definition) is 2. The number of hydrogen-bond acceptors (Lipinski definition) is 3. The average molecular weight is 323 g/mol. The van der Waals surface area contributed by atoms with Gasteiger partial charge in [-0.15, -0.1) is 0 Å². The highest BCUT2D eigenvalue weighted by molar-refractivity contribution is 9.10. The van der Waals surface area contributed by atoms with Crippen molar-refractivity contribution in [3.63, 3.8) is 0 Å². The minimum absolute atomic E-state index is 0.0895. The molecule has 0 fully saturated rings. The summed E-state index contributed by atoms with van der Waals surface area (Å²) < 4.78 is 6.08. The van der Waals surface area contributed by atoms with Crippen molar-refractivity contribution >= 4 is 27.5 Å². The van der Waals surface area contributed by atoms with Crippen molar-refractivity contribution in [2.24, 2.45) is 0 Å². The van der Waals surface area contributed by atoms with Gasteiger partial charge in [0.15, 0.2) is 0 Å². The zero-order valence-corrected chi connectivity index (χ0v) is 11.9. The Kier molecular flexibility index (Phi) is 7.81. The third-order valence-corrected chi connectivity index (χ3v) is 3.40. The molecule has 96 valence electrons. The lowest BCUT2D eigenvalue weighted by molar-refractivity contribution is 0.0907. The summed E-state index contributed by atoms with van der Waals surface area (Å²) in [6.07, 6.45) is 0.939. The van der Waals surface area contributed by atoms with Gasteiger partial charge in [0.05, 0.1) is 18.2 Å². The first kappa shape index (κ1) is 14.9. The Morgan fingerprint density at radius 1 is 1.35 bits per heavy atom. The molecule has 0 atom stereocenters. The monoisotopic (exact) mass is 321 g/mol. The summed E-state index contributed by atoms with van der Waals surface area (Å²) in [4.78, 5) is 0. The molecule has 17 heavy (non-hydrogen) atoms. The van der Waals surface area contributed by atoms with Gasteiger partial charge in [-0.2, -0.15) is 0 Å². The maximum Gasteiger partial charge on any atom is 0.0697 e. The molecule has 0 aliphatic rings. The zero-order valence-electron chi connectivity index (χ0n) is 9.59. The summed E-state index contributed by atoms with van der Waals surface area (Å²) in [6, 6.07) is 5.90. The number of halogens is 2. The number of aliphatic hydroxyl groups excluding tert-OH is 1. The maximum absolute atomic E-state index is 8.51. The lowest BCUT2D eigenvalue weighted by atomic mass is 10.2. The van der Waals surface area contributed by atoms with Gasteiger partial charge in [-0.3, -0.25) is 0 Å². The minimum atomic E-state index is 0.0895. The lowest BCUT2D eigenvalue weighted by Crippen LogP contribution is -2.16.